The van der Waals surface area contributed by atoms with Gasteiger partial charge < -0.3 is 15.2 Å². The summed E-state index contributed by atoms with van der Waals surface area (Å²) >= 11 is 0. The first-order valence-corrected chi connectivity index (χ1v) is 9.00. The Morgan fingerprint density at radius 3 is 2.85 bits per heavy atom. The molecule has 0 aliphatic heterocycles. The lowest BCUT2D eigenvalue weighted by Crippen LogP contribution is -2.38. The van der Waals surface area contributed by atoms with Crippen molar-refractivity contribution in [3.63, 3.8) is 0 Å². The molecule has 2 heterocycles. The van der Waals surface area contributed by atoms with Crippen molar-refractivity contribution >= 4 is 5.96 Å². The van der Waals surface area contributed by atoms with Crippen LogP contribution in [0.1, 0.15) is 23.9 Å². The van der Waals surface area contributed by atoms with Crippen LogP contribution in [-0.2, 0) is 26.1 Å². The highest BCUT2D eigenvalue weighted by molar-refractivity contribution is 5.79. The molecular weight excluding hydrogens is 342 g/mol. The lowest BCUT2D eigenvalue weighted by molar-refractivity contribution is 0.632. The third-order valence-electron chi connectivity index (χ3n) is 4.14. The predicted molar refractivity (Wildman–Crippen MR) is 103 cm³/mol. The summed E-state index contributed by atoms with van der Waals surface area (Å²) in [6.45, 7) is 5.02. The van der Waals surface area contributed by atoms with E-state index in [1.54, 1.807) is 26.0 Å². The average Bonchev–Trinajstić information content (AvgIpc) is 3.36. The summed E-state index contributed by atoms with van der Waals surface area (Å²) in [4.78, 5) is 8.25. The van der Waals surface area contributed by atoms with Gasteiger partial charge in [0, 0.05) is 33.1 Å². The fourth-order valence-corrected chi connectivity index (χ4v) is 2.78. The van der Waals surface area contributed by atoms with Crippen molar-refractivity contribution < 1.29 is 0 Å². The van der Waals surface area contributed by atoms with Crippen molar-refractivity contribution in [2.45, 2.75) is 33.0 Å². The van der Waals surface area contributed by atoms with Gasteiger partial charge in [0.05, 0.1) is 6.54 Å². The molecule has 0 radical (unpaired) electrons. The van der Waals surface area contributed by atoms with Crippen LogP contribution in [0.4, 0.5) is 0 Å². The number of nitrogens with one attached hydrogen (secondary N) is 2. The van der Waals surface area contributed by atoms with E-state index in [9.17, 15) is 0 Å². The molecular formula is C18H25N9. The fourth-order valence-electron chi connectivity index (χ4n) is 2.78. The number of aryl methyl sites for hydroxylation is 1. The molecule has 0 atom stereocenters. The van der Waals surface area contributed by atoms with E-state index >= 15 is 0 Å². The van der Waals surface area contributed by atoms with Gasteiger partial charge in [-0.05, 0) is 11.1 Å². The van der Waals surface area contributed by atoms with Gasteiger partial charge in [0.25, 0.3) is 0 Å². The smallest absolute Gasteiger partial charge is 0.191 e. The SMILES string of the molecule is CCc1nncn1CCNC(=NC)NCc1cccc(Cn2cncn2)c1. The average molecular weight is 367 g/mol. The zero-order valence-corrected chi connectivity index (χ0v) is 15.7. The standard InChI is InChI=1S/C18H25N9/c1-3-17-25-23-14-26(17)8-7-21-18(19-2)22-10-15-5-4-6-16(9-15)11-27-13-20-12-24-27/h4-6,9,12-14H,3,7-8,10-11H2,1-2H3,(H2,19,21,22). The number of guanidine groups is 1. The molecule has 3 rings (SSSR count). The maximum absolute atomic E-state index is 4.28. The summed E-state index contributed by atoms with van der Waals surface area (Å²) in [5, 5.41) is 18.9. The molecule has 0 aliphatic rings. The van der Waals surface area contributed by atoms with Gasteiger partial charge in [-0.25, -0.2) is 9.67 Å². The van der Waals surface area contributed by atoms with E-state index in [1.165, 1.54) is 11.1 Å². The highest BCUT2D eigenvalue weighted by Crippen LogP contribution is 2.06. The molecule has 0 unspecified atom stereocenters. The summed E-state index contributed by atoms with van der Waals surface area (Å²) in [5.74, 6) is 1.76. The summed E-state index contributed by atoms with van der Waals surface area (Å²) in [6.07, 6.45) is 5.90. The highest BCUT2D eigenvalue weighted by atomic mass is 15.3. The van der Waals surface area contributed by atoms with Crippen molar-refractivity contribution in [2.24, 2.45) is 4.99 Å². The van der Waals surface area contributed by atoms with Crippen LogP contribution < -0.4 is 10.6 Å². The second kappa shape index (κ2) is 9.46. The van der Waals surface area contributed by atoms with E-state index < -0.39 is 0 Å². The van der Waals surface area contributed by atoms with Gasteiger partial charge in [-0.1, -0.05) is 31.2 Å². The first-order chi connectivity index (χ1) is 13.3. The maximum Gasteiger partial charge on any atom is 0.191 e. The zero-order valence-electron chi connectivity index (χ0n) is 15.7. The van der Waals surface area contributed by atoms with Crippen molar-refractivity contribution in [1.82, 2.24) is 40.2 Å². The van der Waals surface area contributed by atoms with E-state index in [1.807, 2.05) is 9.25 Å². The van der Waals surface area contributed by atoms with Crippen LogP contribution in [0.3, 0.4) is 0 Å². The second-order valence-corrected chi connectivity index (χ2v) is 6.06. The van der Waals surface area contributed by atoms with Crippen LogP contribution in [0.2, 0.25) is 0 Å². The Morgan fingerprint density at radius 2 is 2.07 bits per heavy atom. The van der Waals surface area contributed by atoms with Crippen molar-refractivity contribution in [3.8, 4) is 0 Å². The number of hydrogen-bond acceptors (Lipinski definition) is 5. The number of benzene rings is 1. The molecule has 9 heteroatoms. The molecule has 3 aromatic rings. The molecule has 0 spiro atoms. The topological polar surface area (TPSA) is 97.8 Å². The van der Waals surface area contributed by atoms with Crippen molar-refractivity contribution in [3.05, 3.63) is 60.2 Å². The predicted octanol–water partition coefficient (Wildman–Crippen LogP) is 0.846. The van der Waals surface area contributed by atoms with Crippen LogP contribution in [-0.4, -0.2) is 49.1 Å². The number of aliphatic imine (C=N–C) groups is 1. The van der Waals surface area contributed by atoms with Gasteiger partial charge in [0.2, 0.25) is 0 Å². The first-order valence-electron chi connectivity index (χ1n) is 9.00. The molecule has 2 aromatic heterocycles. The quantitative estimate of drug-likeness (QED) is 0.452. The molecule has 0 aliphatic carbocycles. The van der Waals surface area contributed by atoms with Gasteiger partial charge in [0.1, 0.15) is 24.8 Å². The Labute approximate surface area is 158 Å². The molecule has 2 N–H and O–H groups in total. The Kier molecular flexibility index (Phi) is 6.50. The number of rotatable bonds is 8. The molecule has 0 saturated heterocycles. The van der Waals surface area contributed by atoms with Crippen LogP contribution in [0.25, 0.3) is 0 Å². The molecule has 27 heavy (non-hydrogen) atoms. The first kappa shape index (κ1) is 18.6. The minimum atomic E-state index is 0.692. The monoisotopic (exact) mass is 367 g/mol. The van der Waals surface area contributed by atoms with E-state index in [4.69, 9.17) is 0 Å². The van der Waals surface area contributed by atoms with Crippen LogP contribution in [0.5, 0.6) is 0 Å². The lowest BCUT2D eigenvalue weighted by Gasteiger charge is -2.13. The van der Waals surface area contributed by atoms with Gasteiger partial charge in [-0.15, -0.1) is 10.2 Å². The van der Waals surface area contributed by atoms with E-state index in [0.29, 0.717) is 13.1 Å². The lowest BCUT2D eigenvalue weighted by atomic mass is 10.1. The molecule has 142 valence electrons. The van der Waals surface area contributed by atoms with Crippen LogP contribution >= 0.6 is 0 Å². The highest BCUT2D eigenvalue weighted by Gasteiger charge is 2.03. The molecule has 0 fully saturated rings. The molecule has 0 bridgehead atoms. The second-order valence-electron chi connectivity index (χ2n) is 6.06. The third kappa shape index (κ3) is 5.37. The van der Waals surface area contributed by atoms with Crippen LogP contribution in [0, 0.1) is 0 Å². The van der Waals surface area contributed by atoms with E-state index in [0.717, 1.165) is 31.3 Å². The van der Waals surface area contributed by atoms with Crippen LogP contribution in [0.15, 0.2) is 48.2 Å². The Morgan fingerprint density at radius 1 is 1.19 bits per heavy atom. The minimum absolute atomic E-state index is 0.692. The van der Waals surface area contributed by atoms with Crippen molar-refractivity contribution in [2.75, 3.05) is 13.6 Å². The summed E-state index contributed by atoms with van der Waals surface area (Å²) in [5.41, 5.74) is 2.37. The van der Waals surface area contributed by atoms with E-state index in [-0.39, 0.29) is 0 Å². The fraction of sp³-hybridized carbons (Fsp3) is 0.389. The minimum Gasteiger partial charge on any atom is -0.355 e. The Balaban J connectivity index is 1.47. The van der Waals surface area contributed by atoms with Gasteiger partial charge in [-0.3, -0.25) is 4.99 Å². The normalized spacial score (nSPS) is 11.6. The van der Waals surface area contributed by atoms with Gasteiger partial charge >= 0.3 is 0 Å². The van der Waals surface area contributed by atoms with E-state index in [2.05, 4.69) is 67.1 Å². The third-order valence-corrected chi connectivity index (χ3v) is 4.14. The molecule has 0 saturated carbocycles. The largest absolute Gasteiger partial charge is 0.355 e. The Bertz CT molecular complexity index is 851. The maximum atomic E-state index is 4.28. The van der Waals surface area contributed by atoms with Gasteiger partial charge in [-0.2, -0.15) is 5.10 Å². The Hall–Kier alpha value is -3.23. The summed E-state index contributed by atoms with van der Waals surface area (Å²) < 4.78 is 3.86. The molecule has 1 aromatic carbocycles. The zero-order chi connectivity index (χ0) is 18.9. The number of aromatic nitrogens is 6. The summed E-state index contributed by atoms with van der Waals surface area (Å²) in [6, 6.07) is 8.39. The summed E-state index contributed by atoms with van der Waals surface area (Å²) in [7, 11) is 1.77. The van der Waals surface area contributed by atoms with Crippen molar-refractivity contribution in [1.29, 1.82) is 0 Å². The molecule has 0 amide bonds. The number of hydrogen-bond donors (Lipinski definition) is 2. The van der Waals surface area contributed by atoms with Gasteiger partial charge in [0.15, 0.2) is 5.96 Å². The number of nitrogens with zero attached hydrogens (tertiary/aromatic N) is 7. The molecule has 9 nitrogen and oxygen atoms in total.